The first-order valence-corrected chi connectivity index (χ1v) is 9.24. The Hall–Kier alpha value is -2.87. The fourth-order valence-corrected chi connectivity index (χ4v) is 3.51. The molecule has 0 unspecified atom stereocenters. The molecular formula is C20H16F3N3OS. The topological polar surface area (TPSA) is 47.8 Å². The molecule has 28 heavy (non-hydrogen) atoms. The molecular weight excluding hydrogens is 387 g/mol. The van der Waals surface area contributed by atoms with Gasteiger partial charge in [0.2, 0.25) is 0 Å². The highest BCUT2D eigenvalue weighted by Gasteiger charge is 2.22. The minimum Gasteiger partial charge on any atom is -0.298 e. The van der Waals surface area contributed by atoms with Gasteiger partial charge in [0.25, 0.3) is 0 Å². The number of benzene rings is 2. The van der Waals surface area contributed by atoms with E-state index in [-0.39, 0.29) is 17.2 Å². The number of Topliss-reactive ketones (excluding diaryl/α,β-unsaturated/α-hetero) is 1. The molecule has 3 aromatic rings. The average Bonchev–Trinajstić information content (AvgIpc) is 3.06. The molecule has 0 spiro atoms. The van der Waals surface area contributed by atoms with E-state index in [1.165, 1.54) is 18.2 Å². The van der Waals surface area contributed by atoms with Gasteiger partial charge in [-0.3, -0.25) is 9.36 Å². The lowest BCUT2D eigenvalue weighted by molar-refractivity contribution is 0.0993. The number of carbonyl (C=O) groups is 1. The van der Waals surface area contributed by atoms with Crippen molar-refractivity contribution in [2.75, 3.05) is 0 Å². The van der Waals surface area contributed by atoms with Crippen LogP contribution in [-0.2, 0) is 6.54 Å². The zero-order valence-electron chi connectivity index (χ0n) is 14.9. The Labute approximate surface area is 164 Å². The predicted octanol–water partition coefficient (Wildman–Crippen LogP) is 4.91. The standard InChI is InChI=1S/C20H16F3N3OS/c1-3-10-26-19(13-4-7-15(21)8-5-13)24-25-20(26)28-12(2)18(27)14-6-9-16(22)17(23)11-14/h3-9,11-12H,1,10H2,2H3/t12-/m0/s1. The summed E-state index contributed by atoms with van der Waals surface area (Å²) in [7, 11) is 0. The number of nitrogens with zero attached hydrogens (tertiary/aromatic N) is 3. The molecule has 0 aliphatic heterocycles. The molecule has 0 N–H and O–H groups in total. The number of allylic oxidation sites excluding steroid dienone is 1. The summed E-state index contributed by atoms with van der Waals surface area (Å²) < 4.78 is 41.4. The van der Waals surface area contributed by atoms with Gasteiger partial charge in [0, 0.05) is 17.7 Å². The van der Waals surface area contributed by atoms with E-state index >= 15 is 0 Å². The lowest BCUT2D eigenvalue weighted by Crippen LogP contribution is -2.15. The Kier molecular flexibility index (Phi) is 5.99. The van der Waals surface area contributed by atoms with E-state index in [2.05, 4.69) is 16.8 Å². The highest BCUT2D eigenvalue weighted by atomic mass is 32.2. The number of ketones is 1. The number of hydrogen-bond acceptors (Lipinski definition) is 4. The monoisotopic (exact) mass is 403 g/mol. The van der Waals surface area contributed by atoms with Gasteiger partial charge >= 0.3 is 0 Å². The van der Waals surface area contributed by atoms with Gasteiger partial charge in [-0.05, 0) is 49.4 Å². The van der Waals surface area contributed by atoms with E-state index < -0.39 is 16.9 Å². The van der Waals surface area contributed by atoms with Crippen molar-refractivity contribution >= 4 is 17.5 Å². The Balaban J connectivity index is 1.86. The normalized spacial score (nSPS) is 12.0. The summed E-state index contributed by atoms with van der Waals surface area (Å²) in [6.45, 7) is 5.75. The lowest BCUT2D eigenvalue weighted by Gasteiger charge is -2.12. The highest BCUT2D eigenvalue weighted by Crippen LogP contribution is 2.28. The molecule has 8 heteroatoms. The Morgan fingerprint density at radius 2 is 1.86 bits per heavy atom. The van der Waals surface area contributed by atoms with Gasteiger partial charge in [-0.25, -0.2) is 13.2 Å². The van der Waals surface area contributed by atoms with Crippen molar-refractivity contribution in [1.29, 1.82) is 0 Å². The molecule has 0 radical (unpaired) electrons. The number of hydrogen-bond donors (Lipinski definition) is 0. The van der Waals surface area contributed by atoms with Crippen molar-refractivity contribution in [2.45, 2.75) is 23.9 Å². The highest BCUT2D eigenvalue weighted by molar-refractivity contribution is 8.00. The molecule has 144 valence electrons. The van der Waals surface area contributed by atoms with Gasteiger partial charge in [0.1, 0.15) is 5.82 Å². The summed E-state index contributed by atoms with van der Waals surface area (Å²) in [4.78, 5) is 12.6. The second kappa shape index (κ2) is 8.43. The van der Waals surface area contributed by atoms with Crippen LogP contribution < -0.4 is 0 Å². The van der Waals surface area contributed by atoms with Crippen molar-refractivity contribution in [3.63, 3.8) is 0 Å². The molecule has 0 saturated carbocycles. The summed E-state index contributed by atoms with van der Waals surface area (Å²) in [6.07, 6.45) is 1.66. The summed E-state index contributed by atoms with van der Waals surface area (Å²) >= 11 is 1.14. The van der Waals surface area contributed by atoms with Crippen LogP contribution in [0.5, 0.6) is 0 Å². The zero-order chi connectivity index (χ0) is 20.3. The number of aromatic nitrogens is 3. The first-order chi connectivity index (χ1) is 13.4. The first kappa shape index (κ1) is 19.9. The van der Waals surface area contributed by atoms with Crippen LogP contribution in [0.2, 0.25) is 0 Å². The third-order valence-electron chi connectivity index (χ3n) is 3.99. The average molecular weight is 403 g/mol. The van der Waals surface area contributed by atoms with Crippen LogP contribution in [0.25, 0.3) is 11.4 Å². The molecule has 4 nitrogen and oxygen atoms in total. The molecule has 0 amide bonds. The maximum atomic E-state index is 13.4. The fraction of sp³-hybridized carbons (Fsp3) is 0.150. The number of carbonyl (C=O) groups excluding carboxylic acids is 1. The van der Waals surface area contributed by atoms with Crippen molar-refractivity contribution in [2.24, 2.45) is 0 Å². The van der Waals surface area contributed by atoms with Crippen molar-refractivity contribution in [3.8, 4) is 11.4 Å². The second-order valence-electron chi connectivity index (χ2n) is 5.97. The second-order valence-corrected chi connectivity index (χ2v) is 7.27. The summed E-state index contributed by atoms with van der Waals surface area (Å²) in [6, 6.07) is 8.87. The van der Waals surface area contributed by atoms with Crippen LogP contribution in [0.15, 0.2) is 60.3 Å². The lowest BCUT2D eigenvalue weighted by atomic mass is 10.1. The van der Waals surface area contributed by atoms with E-state index in [9.17, 15) is 18.0 Å². The van der Waals surface area contributed by atoms with Crippen molar-refractivity contribution in [3.05, 3.63) is 78.1 Å². The van der Waals surface area contributed by atoms with Gasteiger partial charge in [-0.1, -0.05) is 17.8 Å². The molecule has 0 bridgehead atoms. The van der Waals surface area contributed by atoms with Gasteiger partial charge in [0.15, 0.2) is 28.4 Å². The number of rotatable bonds is 7. The number of thioether (sulfide) groups is 1. The van der Waals surface area contributed by atoms with Crippen molar-refractivity contribution in [1.82, 2.24) is 14.8 Å². The Bertz CT molecular complexity index is 1020. The smallest absolute Gasteiger partial charge is 0.192 e. The van der Waals surface area contributed by atoms with Crippen LogP contribution in [0.3, 0.4) is 0 Å². The third-order valence-corrected chi connectivity index (χ3v) is 5.07. The Morgan fingerprint density at radius 1 is 1.14 bits per heavy atom. The van der Waals surface area contributed by atoms with E-state index in [0.717, 1.165) is 23.9 Å². The fourth-order valence-electron chi connectivity index (χ4n) is 2.58. The van der Waals surface area contributed by atoms with Crippen molar-refractivity contribution < 1.29 is 18.0 Å². The van der Waals surface area contributed by atoms with Crippen LogP contribution in [0, 0.1) is 17.5 Å². The molecule has 1 heterocycles. The van der Waals surface area contributed by atoms with E-state index in [1.54, 1.807) is 29.7 Å². The third kappa shape index (κ3) is 4.17. The van der Waals surface area contributed by atoms with E-state index in [4.69, 9.17) is 0 Å². The molecule has 1 atom stereocenters. The van der Waals surface area contributed by atoms with Crippen LogP contribution in [0.4, 0.5) is 13.2 Å². The van der Waals surface area contributed by atoms with Gasteiger partial charge < -0.3 is 0 Å². The van der Waals surface area contributed by atoms with Gasteiger partial charge in [-0.2, -0.15) is 0 Å². The number of halogens is 3. The predicted molar refractivity (Wildman–Crippen MR) is 102 cm³/mol. The molecule has 0 fully saturated rings. The largest absolute Gasteiger partial charge is 0.298 e. The van der Waals surface area contributed by atoms with E-state index in [1.807, 2.05) is 0 Å². The minimum atomic E-state index is -1.07. The Morgan fingerprint density at radius 3 is 2.50 bits per heavy atom. The van der Waals surface area contributed by atoms with Crippen LogP contribution in [0.1, 0.15) is 17.3 Å². The SMILES string of the molecule is C=CCn1c(S[C@@H](C)C(=O)c2ccc(F)c(F)c2)nnc1-c1ccc(F)cc1. The summed E-state index contributed by atoms with van der Waals surface area (Å²) in [5.41, 5.74) is 0.745. The zero-order valence-corrected chi connectivity index (χ0v) is 15.7. The maximum absolute atomic E-state index is 13.4. The molecule has 3 rings (SSSR count). The first-order valence-electron chi connectivity index (χ1n) is 8.36. The summed E-state index contributed by atoms with van der Waals surface area (Å²) in [5.74, 6) is -2.29. The molecule has 0 saturated heterocycles. The maximum Gasteiger partial charge on any atom is 0.192 e. The van der Waals surface area contributed by atoms with Crippen LogP contribution in [-0.4, -0.2) is 25.8 Å². The molecule has 0 aliphatic carbocycles. The molecule has 2 aromatic carbocycles. The summed E-state index contributed by atoms with van der Waals surface area (Å²) in [5, 5.41) is 8.12. The van der Waals surface area contributed by atoms with Gasteiger partial charge in [0.05, 0.1) is 5.25 Å². The molecule has 0 aliphatic rings. The van der Waals surface area contributed by atoms with Gasteiger partial charge in [-0.15, -0.1) is 16.8 Å². The minimum absolute atomic E-state index is 0.0763. The van der Waals surface area contributed by atoms with E-state index in [0.29, 0.717) is 23.1 Å². The molecule has 1 aromatic heterocycles. The quantitative estimate of drug-likeness (QED) is 0.319. The van der Waals surface area contributed by atoms with Crippen LogP contribution >= 0.6 is 11.8 Å².